The molecule has 1 aliphatic rings. The lowest BCUT2D eigenvalue weighted by Gasteiger charge is -2.34. The number of rotatable bonds is 5. The van der Waals surface area contributed by atoms with Crippen molar-refractivity contribution in [3.05, 3.63) is 58.8 Å². The predicted molar refractivity (Wildman–Crippen MR) is 112 cm³/mol. The lowest BCUT2D eigenvalue weighted by Crippen LogP contribution is -2.48. The number of aryl methyl sites for hydroxylation is 2. The quantitative estimate of drug-likeness (QED) is 0.646. The van der Waals surface area contributed by atoms with E-state index in [2.05, 4.69) is 26.0 Å². The molecule has 1 fully saturated rings. The van der Waals surface area contributed by atoms with Crippen LogP contribution in [0.2, 0.25) is 0 Å². The molecule has 0 bridgehead atoms. The van der Waals surface area contributed by atoms with Gasteiger partial charge in [-0.15, -0.1) is 0 Å². The fourth-order valence-corrected chi connectivity index (χ4v) is 4.02. The number of carbonyl (C=O) groups excluding carboxylic acids is 1. The third-order valence-electron chi connectivity index (χ3n) is 5.75. The molecule has 1 amide bonds. The summed E-state index contributed by atoms with van der Waals surface area (Å²) >= 11 is 0. The Labute approximate surface area is 175 Å². The van der Waals surface area contributed by atoms with Gasteiger partial charge in [-0.3, -0.25) is 14.7 Å². The number of pyridine rings is 1. The molecule has 154 valence electrons. The Kier molecular flexibility index (Phi) is 5.72. The van der Waals surface area contributed by atoms with Crippen LogP contribution in [0.1, 0.15) is 34.6 Å². The van der Waals surface area contributed by atoms with E-state index in [1.807, 2.05) is 43.1 Å². The van der Waals surface area contributed by atoms with Crippen LogP contribution in [0.5, 0.6) is 0 Å². The molecule has 1 saturated heterocycles. The van der Waals surface area contributed by atoms with Crippen LogP contribution in [0.25, 0.3) is 5.65 Å². The van der Waals surface area contributed by atoms with Gasteiger partial charge in [0.15, 0.2) is 5.65 Å². The molecule has 0 aliphatic carbocycles. The van der Waals surface area contributed by atoms with Crippen LogP contribution in [0, 0.1) is 25.2 Å². The van der Waals surface area contributed by atoms with E-state index in [4.69, 9.17) is 0 Å². The zero-order valence-electron chi connectivity index (χ0n) is 17.4. The number of hydrogen-bond acceptors (Lipinski definition) is 6. The molecule has 1 aliphatic heterocycles. The number of piperazine rings is 1. The van der Waals surface area contributed by atoms with E-state index < -0.39 is 0 Å². The smallest absolute Gasteiger partial charge is 0.222 e. The second kappa shape index (κ2) is 8.59. The van der Waals surface area contributed by atoms with Crippen LogP contribution >= 0.6 is 0 Å². The average Bonchev–Trinajstić information content (AvgIpc) is 3.17. The fourth-order valence-electron chi connectivity index (χ4n) is 4.02. The lowest BCUT2D eigenvalue weighted by molar-refractivity contribution is -0.133. The summed E-state index contributed by atoms with van der Waals surface area (Å²) in [6.07, 6.45) is 4.42. The first-order valence-corrected chi connectivity index (χ1v) is 10.2. The van der Waals surface area contributed by atoms with Gasteiger partial charge in [0.2, 0.25) is 5.91 Å². The summed E-state index contributed by atoms with van der Waals surface area (Å²) in [6.45, 7) is 7.91. The molecule has 0 radical (unpaired) electrons. The highest BCUT2D eigenvalue weighted by Gasteiger charge is 2.22. The second-order valence-corrected chi connectivity index (χ2v) is 7.64. The maximum absolute atomic E-state index is 12.8. The highest BCUT2D eigenvalue weighted by atomic mass is 16.2. The zero-order valence-corrected chi connectivity index (χ0v) is 17.4. The molecule has 0 atom stereocenters. The van der Waals surface area contributed by atoms with Gasteiger partial charge in [0.1, 0.15) is 11.6 Å². The number of fused-ring (bicyclic) bond motifs is 1. The van der Waals surface area contributed by atoms with Crippen LogP contribution < -0.4 is 0 Å². The SMILES string of the molecule is Cc1nc2c(C#N)cnn2c(C)c1CCC(=O)N1CCN(Cc2ccccn2)CC1. The van der Waals surface area contributed by atoms with Gasteiger partial charge in [-0.2, -0.15) is 10.4 Å². The van der Waals surface area contributed by atoms with Gasteiger partial charge in [0, 0.05) is 56.7 Å². The highest BCUT2D eigenvalue weighted by Crippen LogP contribution is 2.19. The monoisotopic (exact) mass is 403 g/mol. The fraction of sp³-hybridized carbons (Fsp3) is 0.409. The van der Waals surface area contributed by atoms with Gasteiger partial charge in [-0.1, -0.05) is 6.07 Å². The van der Waals surface area contributed by atoms with Crippen LogP contribution in [0.4, 0.5) is 0 Å². The van der Waals surface area contributed by atoms with Crippen molar-refractivity contribution < 1.29 is 4.79 Å². The maximum atomic E-state index is 12.8. The van der Waals surface area contributed by atoms with Gasteiger partial charge in [0.25, 0.3) is 0 Å². The van der Waals surface area contributed by atoms with Gasteiger partial charge in [0.05, 0.1) is 11.9 Å². The van der Waals surface area contributed by atoms with E-state index in [0.717, 1.165) is 55.4 Å². The Morgan fingerprint density at radius 2 is 2.00 bits per heavy atom. The third-order valence-corrected chi connectivity index (χ3v) is 5.75. The van der Waals surface area contributed by atoms with E-state index in [-0.39, 0.29) is 5.91 Å². The van der Waals surface area contributed by atoms with E-state index in [9.17, 15) is 10.1 Å². The number of nitriles is 1. The van der Waals surface area contributed by atoms with Crippen LogP contribution in [0.3, 0.4) is 0 Å². The summed E-state index contributed by atoms with van der Waals surface area (Å²) in [5, 5.41) is 13.5. The number of hydrogen-bond donors (Lipinski definition) is 0. The van der Waals surface area contributed by atoms with Crippen molar-refractivity contribution in [3.8, 4) is 6.07 Å². The Balaban J connectivity index is 1.35. The summed E-state index contributed by atoms with van der Waals surface area (Å²) in [4.78, 5) is 26.0. The molecule has 0 spiro atoms. The topological polar surface area (TPSA) is 90.4 Å². The van der Waals surface area contributed by atoms with E-state index in [0.29, 0.717) is 24.1 Å². The number of carbonyl (C=O) groups is 1. The summed E-state index contributed by atoms with van der Waals surface area (Å²) < 4.78 is 1.70. The van der Waals surface area contributed by atoms with Crippen molar-refractivity contribution in [1.82, 2.24) is 29.4 Å². The predicted octanol–water partition coefficient (Wildman–Crippen LogP) is 1.89. The maximum Gasteiger partial charge on any atom is 0.222 e. The van der Waals surface area contributed by atoms with Crippen LogP contribution in [-0.4, -0.2) is 61.5 Å². The van der Waals surface area contributed by atoms with Gasteiger partial charge >= 0.3 is 0 Å². The van der Waals surface area contributed by atoms with Gasteiger partial charge < -0.3 is 4.90 Å². The third kappa shape index (κ3) is 4.02. The minimum absolute atomic E-state index is 0.171. The first kappa shape index (κ1) is 20.0. The van der Waals surface area contributed by atoms with E-state index in [1.165, 1.54) is 6.20 Å². The van der Waals surface area contributed by atoms with Gasteiger partial charge in [-0.25, -0.2) is 9.50 Å². The molecule has 3 aromatic heterocycles. The van der Waals surface area contributed by atoms with Crippen molar-refractivity contribution in [2.45, 2.75) is 33.2 Å². The van der Waals surface area contributed by atoms with Crippen LogP contribution in [-0.2, 0) is 17.8 Å². The summed E-state index contributed by atoms with van der Waals surface area (Å²) in [5.41, 5.74) is 4.91. The molecule has 0 saturated carbocycles. The normalized spacial score (nSPS) is 14.8. The molecule has 30 heavy (non-hydrogen) atoms. The number of nitrogens with zero attached hydrogens (tertiary/aromatic N) is 7. The number of aromatic nitrogens is 4. The molecule has 8 nitrogen and oxygen atoms in total. The molecular weight excluding hydrogens is 378 g/mol. The number of amides is 1. The summed E-state index contributed by atoms with van der Waals surface area (Å²) in [7, 11) is 0. The molecule has 0 aromatic carbocycles. The molecular formula is C22H25N7O. The highest BCUT2D eigenvalue weighted by molar-refractivity contribution is 5.76. The lowest BCUT2D eigenvalue weighted by atomic mass is 10.1. The van der Waals surface area contributed by atoms with Crippen molar-refractivity contribution in [1.29, 1.82) is 5.26 Å². The van der Waals surface area contributed by atoms with Crippen molar-refractivity contribution in [2.75, 3.05) is 26.2 Å². The van der Waals surface area contributed by atoms with Crippen LogP contribution in [0.15, 0.2) is 30.6 Å². The summed E-state index contributed by atoms with van der Waals surface area (Å²) in [6, 6.07) is 8.08. The second-order valence-electron chi connectivity index (χ2n) is 7.64. The Hall–Kier alpha value is -3.31. The van der Waals surface area contributed by atoms with E-state index >= 15 is 0 Å². The molecule has 0 N–H and O–H groups in total. The molecule has 4 rings (SSSR count). The Morgan fingerprint density at radius 3 is 2.70 bits per heavy atom. The largest absolute Gasteiger partial charge is 0.340 e. The first-order valence-electron chi connectivity index (χ1n) is 10.2. The van der Waals surface area contributed by atoms with Crippen molar-refractivity contribution in [2.24, 2.45) is 0 Å². The minimum Gasteiger partial charge on any atom is -0.340 e. The zero-order chi connectivity index (χ0) is 21.1. The Morgan fingerprint density at radius 1 is 1.20 bits per heavy atom. The summed E-state index contributed by atoms with van der Waals surface area (Å²) in [5.74, 6) is 0.171. The van der Waals surface area contributed by atoms with Crippen molar-refractivity contribution in [3.63, 3.8) is 0 Å². The Bertz CT molecular complexity index is 1090. The van der Waals surface area contributed by atoms with Crippen molar-refractivity contribution >= 4 is 11.6 Å². The molecule has 4 heterocycles. The first-order chi connectivity index (χ1) is 14.6. The molecule has 3 aromatic rings. The minimum atomic E-state index is 0.171. The standard InChI is InChI=1S/C22H25N7O/c1-16-20(17(2)29-22(26-16)18(13-23)14-25-29)6-7-21(30)28-11-9-27(10-12-28)15-19-5-3-4-8-24-19/h3-5,8,14H,6-7,9-12,15H2,1-2H3. The molecule has 0 unspecified atom stereocenters. The van der Waals surface area contributed by atoms with Gasteiger partial charge in [-0.05, 0) is 38.0 Å². The molecule has 8 heteroatoms. The average molecular weight is 403 g/mol. The van der Waals surface area contributed by atoms with E-state index in [1.54, 1.807) is 4.52 Å².